The zero-order valence-corrected chi connectivity index (χ0v) is 29.9. The summed E-state index contributed by atoms with van der Waals surface area (Å²) in [5, 5.41) is 3.55. The number of nitrogens with zero attached hydrogens (tertiary/aromatic N) is 2. The first-order chi connectivity index (χ1) is 26.3. The predicted molar refractivity (Wildman–Crippen MR) is 217 cm³/mol. The lowest BCUT2D eigenvalue weighted by atomic mass is 9.97. The molecule has 2 aliphatic heterocycles. The Bertz CT molecular complexity index is 2220. The van der Waals surface area contributed by atoms with E-state index in [-0.39, 0.29) is 24.3 Å². The summed E-state index contributed by atoms with van der Waals surface area (Å²) in [6.07, 6.45) is -0.494. The van der Waals surface area contributed by atoms with E-state index < -0.39 is 7.92 Å². The third kappa shape index (κ3) is 6.59. The highest BCUT2D eigenvalue weighted by Gasteiger charge is 2.38. The van der Waals surface area contributed by atoms with Crippen molar-refractivity contribution >= 4 is 35.6 Å². The van der Waals surface area contributed by atoms with E-state index in [1.807, 2.05) is 24.3 Å². The Morgan fingerprint density at radius 3 is 1.06 bits per heavy atom. The van der Waals surface area contributed by atoms with E-state index in [2.05, 4.69) is 176 Å². The van der Waals surface area contributed by atoms with Crippen LogP contribution < -0.4 is 15.9 Å². The van der Waals surface area contributed by atoms with Gasteiger partial charge in [0.15, 0.2) is 12.2 Å². The maximum Gasteiger partial charge on any atom is 0.218 e. The van der Waals surface area contributed by atoms with Gasteiger partial charge in [0.1, 0.15) is 12.1 Å². The van der Waals surface area contributed by atoms with E-state index in [1.54, 1.807) is 0 Å². The zero-order valence-electron chi connectivity index (χ0n) is 29.0. The Morgan fingerprint density at radius 2 is 0.660 bits per heavy atom. The Labute approximate surface area is 311 Å². The molecule has 2 heterocycles. The van der Waals surface area contributed by atoms with Crippen LogP contribution in [0.3, 0.4) is 0 Å². The maximum atomic E-state index is 6.93. The Balaban J connectivity index is 1.17. The van der Waals surface area contributed by atoms with Crippen LogP contribution in [0.25, 0.3) is 0 Å². The van der Waals surface area contributed by atoms with E-state index in [1.165, 1.54) is 15.9 Å². The average Bonchev–Trinajstić information content (AvgIpc) is 3.90. The molecule has 0 N–H and O–H groups in total. The van der Waals surface area contributed by atoms with Crippen LogP contribution in [0.2, 0.25) is 0 Å². The predicted octanol–water partition coefficient (Wildman–Crippen LogP) is 9.96. The molecule has 0 fully saturated rings. The molecule has 0 saturated heterocycles. The first kappa shape index (κ1) is 32.8. The fraction of sp³-hybridized carbons (Fsp3) is 0.0833. The quantitative estimate of drug-likeness (QED) is 0.141. The SMILES string of the molecule is c1ccc(C2N=C(c3ccccc3P(c3ccccc3)c3ccccc3C3=NC(c4ccccc4)C(c4ccccc4)O3)OC2c2ccccc2)cc1. The first-order valence-corrected chi connectivity index (χ1v) is 19.4. The molecule has 9 rings (SSSR count). The second kappa shape index (κ2) is 14.9. The summed E-state index contributed by atoms with van der Waals surface area (Å²) in [6, 6.07) is 69.4. The van der Waals surface area contributed by atoms with E-state index in [9.17, 15) is 0 Å². The third-order valence-corrected chi connectivity index (χ3v) is 12.4. The van der Waals surface area contributed by atoms with Crippen molar-refractivity contribution in [3.63, 3.8) is 0 Å². The van der Waals surface area contributed by atoms with E-state index in [0.717, 1.165) is 33.4 Å². The number of ether oxygens (including phenoxy) is 2. The lowest BCUT2D eigenvalue weighted by Gasteiger charge is -2.25. The van der Waals surface area contributed by atoms with Gasteiger partial charge in [-0.15, -0.1) is 0 Å². The molecule has 0 bridgehead atoms. The molecule has 0 radical (unpaired) electrons. The molecular weight excluding hydrogens is 668 g/mol. The molecule has 256 valence electrons. The number of hydrogen-bond acceptors (Lipinski definition) is 4. The molecule has 0 aromatic heterocycles. The topological polar surface area (TPSA) is 43.2 Å². The molecule has 0 amide bonds. The molecule has 2 aliphatic rings. The van der Waals surface area contributed by atoms with Gasteiger partial charge in [0.25, 0.3) is 0 Å². The normalized spacial score (nSPS) is 19.8. The lowest BCUT2D eigenvalue weighted by molar-refractivity contribution is 0.197. The van der Waals surface area contributed by atoms with Crippen molar-refractivity contribution in [3.8, 4) is 0 Å². The fourth-order valence-electron chi connectivity index (χ4n) is 7.35. The van der Waals surface area contributed by atoms with Crippen molar-refractivity contribution < 1.29 is 9.47 Å². The summed E-state index contributed by atoms with van der Waals surface area (Å²) < 4.78 is 13.9. The Hall–Kier alpha value is -6.09. The Morgan fingerprint density at radius 1 is 0.340 bits per heavy atom. The van der Waals surface area contributed by atoms with Crippen LogP contribution in [0.1, 0.15) is 57.7 Å². The highest BCUT2D eigenvalue weighted by atomic mass is 31.1. The smallest absolute Gasteiger partial charge is 0.218 e. The van der Waals surface area contributed by atoms with E-state index in [0.29, 0.717) is 11.8 Å². The van der Waals surface area contributed by atoms with Crippen LogP contribution in [0.5, 0.6) is 0 Å². The summed E-state index contributed by atoms with van der Waals surface area (Å²) in [6.45, 7) is 0. The molecule has 4 atom stereocenters. The molecule has 5 heteroatoms. The van der Waals surface area contributed by atoms with E-state index in [4.69, 9.17) is 19.5 Å². The molecule has 0 saturated carbocycles. The first-order valence-electron chi connectivity index (χ1n) is 18.0. The summed E-state index contributed by atoms with van der Waals surface area (Å²) in [7, 11) is -1.12. The summed E-state index contributed by atoms with van der Waals surface area (Å²) in [4.78, 5) is 10.7. The minimum atomic E-state index is -1.12. The van der Waals surface area contributed by atoms with Crippen LogP contribution in [-0.2, 0) is 9.47 Å². The van der Waals surface area contributed by atoms with Crippen molar-refractivity contribution in [2.75, 3.05) is 0 Å². The molecule has 7 aromatic rings. The number of benzene rings is 7. The monoisotopic (exact) mass is 704 g/mol. The minimum absolute atomic E-state index is 0.178. The van der Waals surface area contributed by atoms with Gasteiger partial charge in [0.05, 0.1) is 0 Å². The van der Waals surface area contributed by atoms with Gasteiger partial charge in [-0.3, -0.25) is 0 Å². The third-order valence-electron chi connectivity index (χ3n) is 9.87. The minimum Gasteiger partial charge on any atom is -0.467 e. The average molecular weight is 705 g/mol. The van der Waals surface area contributed by atoms with Crippen LogP contribution in [0.15, 0.2) is 210 Å². The summed E-state index contributed by atoms with van der Waals surface area (Å²) in [5.74, 6) is 1.32. The standard InChI is InChI=1S/C48H37N2O2P/c1-6-20-34(21-7-1)43-45(36-24-10-3-11-25-36)51-47(49-43)39-30-16-18-32-41(39)53(38-28-14-5-15-29-38)42-33-19-17-31-40(42)48-50-44(35-22-8-2-9-23-35)46(52-48)37-26-12-4-13-27-37/h1-33,43-46H. The molecular formula is C48H37N2O2P. The van der Waals surface area contributed by atoms with Gasteiger partial charge >= 0.3 is 0 Å². The fourth-order valence-corrected chi connectivity index (χ4v) is 9.93. The second-order valence-corrected chi connectivity index (χ2v) is 15.3. The summed E-state index contributed by atoms with van der Waals surface area (Å²) >= 11 is 0. The molecule has 53 heavy (non-hydrogen) atoms. The molecule has 0 aliphatic carbocycles. The van der Waals surface area contributed by atoms with Crippen molar-refractivity contribution in [3.05, 3.63) is 234 Å². The lowest BCUT2D eigenvalue weighted by Crippen LogP contribution is -2.29. The van der Waals surface area contributed by atoms with Crippen LogP contribution >= 0.6 is 7.92 Å². The molecule has 4 unspecified atom stereocenters. The van der Waals surface area contributed by atoms with Crippen molar-refractivity contribution in [1.29, 1.82) is 0 Å². The number of rotatable bonds is 9. The highest BCUT2D eigenvalue weighted by molar-refractivity contribution is 7.80. The van der Waals surface area contributed by atoms with Gasteiger partial charge in [-0.1, -0.05) is 188 Å². The molecule has 0 spiro atoms. The van der Waals surface area contributed by atoms with Crippen molar-refractivity contribution in [1.82, 2.24) is 0 Å². The highest BCUT2D eigenvalue weighted by Crippen LogP contribution is 2.45. The largest absolute Gasteiger partial charge is 0.467 e. The van der Waals surface area contributed by atoms with Gasteiger partial charge < -0.3 is 9.47 Å². The number of aliphatic imine (C=N–C) groups is 2. The van der Waals surface area contributed by atoms with Gasteiger partial charge in [-0.05, 0) is 58.2 Å². The molecule has 4 nitrogen and oxygen atoms in total. The van der Waals surface area contributed by atoms with Gasteiger partial charge in [-0.2, -0.15) is 0 Å². The summed E-state index contributed by atoms with van der Waals surface area (Å²) in [5.41, 5.74) is 6.45. The molecule has 7 aromatic carbocycles. The van der Waals surface area contributed by atoms with Gasteiger partial charge in [-0.25, -0.2) is 9.98 Å². The van der Waals surface area contributed by atoms with Gasteiger partial charge in [0.2, 0.25) is 11.8 Å². The van der Waals surface area contributed by atoms with Gasteiger partial charge in [0, 0.05) is 11.1 Å². The van der Waals surface area contributed by atoms with E-state index >= 15 is 0 Å². The van der Waals surface area contributed by atoms with Crippen molar-refractivity contribution in [2.45, 2.75) is 24.3 Å². The second-order valence-electron chi connectivity index (χ2n) is 13.2. The zero-order chi connectivity index (χ0) is 35.4. The van der Waals surface area contributed by atoms with Crippen LogP contribution in [0, 0.1) is 0 Å². The van der Waals surface area contributed by atoms with Crippen LogP contribution in [-0.4, -0.2) is 11.8 Å². The number of hydrogen-bond donors (Lipinski definition) is 0. The maximum absolute atomic E-state index is 6.93. The van der Waals surface area contributed by atoms with Crippen LogP contribution in [0.4, 0.5) is 0 Å². The van der Waals surface area contributed by atoms with Crippen molar-refractivity contribution in [2.24, 2.45) is 9.98 Å². The Kier molecular flexibility index (Phi) is 9.20.